The first-order chi connectivity index (χ1) is 10.1. The van der Waals surface area contributed by atoms with Crippen molar-refractivity contribution in [3.63, 3.8) is 0 Å². The average molecular weight is 289 g/mol. The number of aryl methyl sites for hydroxylation is 1. The van der Waals surface area contributed by atoms with E-state index in [-0.39, 0.29) is 0 Å². The SMILES string of the molecule is Cc1nc(N)c(C)c(N2CCC(N3CCCCC3)CC2)n1. The second-order valence-electron chi connectivity index (χ2n) is 6.42. The molecule has 0 unspecified atom stereocenters. The molecule has 116 valence electrons. The Morgan fingerprint density at radius 2 is 1.62 bits per heavy atom. The number of aromatic nitrogens is 2. The van der Waals surface area contributed by atoms with Crippen molar-refractivity contribution in [2.75, 3.05) is 36.8 Å². The molecule has 2 fully saturated rings. The van der Waals surface area contributed by atoms with Gasteiger partial charge in [0, 0.05) is 24.7 Å². The van der Waals surface area contributed by atoms with E-state index in [2.05, 4.69) is 19.8 Å². The molecule has 0 atom stereocenters. The number of anilines is 2. The van der Waals surface area contributed by atoms with Crippen LogP contribution in [0.3, 0.4) is 0 Å². The molecule has 1 aromatic rings. The number of nitrogen functional groups attached to an aromatic ring is 1. The molecule has 0 amide bonds. The highest BCUT2D eigenvalue weighted by atomic mass is 15.2. The molecule has 0 saturated carbocycles. The van der Waals surface area contributed by atoms with E-state index in [1.807, 2.05) is 13.8 Å². The van der Waals surface area contributed by atoms with Crippen LogP contribution < -0.4 is 10.6 Å². The first-order valence-corrected chi connectivity index (χ1v) is 8.25. The van der Waals surface area contributed by atoms with Gasteiger partial charge in [0.1, 0.15) is 17.5 Å². The summed E-state index contributed by atoms with van der Waals surface area (Å²) in [5.74, 6) is 2.43. The smallest absolute Gasteiger partial charge is 0.137 e. The van der Waals surface area contributed by atoms with E-state index in [9.17, 15) is 0 Å². The Balaban J connectivity index is 1.65. The highest BCUT2D eigenvalue weighted by Gasteiger charge is 2.27. The van der Waals surface area contributed by atoms with Crippen molar-refractivity contribution in [1.82, 2.24) is 14.9 Å². The van der Waals surface area contributed by atoms with E-state index < -0.39 is 0 Å². The number of nitrogens with two attached hydrogens (primary N) is 1. The number of hydrogen-bond donors (Lipinski definition) is 1. The molecule has 2 N–H and O–H groups in total. The molecule has 0 aromatic carbocycles. The molecule has 1 aromatic heterocycles. The largest absolute Gasteiger partial charge is 0.383 e. The summed E-state index contributed by atoms with van der Waals surface area (Å²) < 4.78 is 0. The Morgan fingerprint density at radius 1 is 0.952 bits per heavy atom. The van der Waals surface area contributed by atoms with Crippen LogP contribution in [0.1, 0.15) is 43.5 Å². The van der Waals surface area contributed by atoms with Gasteiger partial charge in [-0.25, -0.2) is 9.97 Å². The zero-order valence-electron chi connectivity index (χ0n) is 13.3. The van der Waals surface area contributed by atoms with Crippen LogP contribution in [-0.4, -0.2) is 47.1 Å². The Kier molecular flexibility index (Phi) is 4.29. The van der Waals surface area contributed by atoms with Gasteiger partial charge >= 0.3 is 0 Å². The van der Waals surface area contributed by atoms with Crippen LogP contribution in [0.25, 0.3) is 0 Å². The maximum Gasteiger partial charge on any atom is 0.137 e. The number of nitrogens with zero attached hydrogens (tertiary/aromatic N) is 4. The predicted molar refractivity (Wildman–Crippen MR) is 86.6 cm³/mol. The van der Waals surface area contributed by atoms with Crippen molar-refractivity contribution in [3.05, 3.63) is 11.4 Å². The Hall–Kier alpha value is -1.36. The van der Waals surface area contributed by atoms with Crippen LogP contribution in [0.4, 0.5) is 11.6 Å². The monoisotopic (exact) mass is 289 g/mol. The zero-order chi connectivity index (χ0) is 14.8. The fraction of sp³-hybridized carbons (Fsp3) is 0.750. The third kappa shape index (κ3) is 3.12. The molecule has 2 aliphatic heterocycles. The van der Waals surface area contributed by atoms with Gasteiger partial charge < -0.3 is 15.5 Å². The molecule has 5 nitrogen and oxygen atoms in total. The van der Waals surface area contributed by atoms with Crippen molar-refractivity contribution >= 4 is 11.6 Å². The highest BCUT2D eigenvalue weighted by molar-refractivity contribution is 5.56. The van der Waals surface area contributed by atoms with Crippen LogP contribution in [0.15, 0.2) is 0 Å². The van der Waals surface area contributed by atoms with E-state index in [1.165, 1.54) is 45.2 Å². The topological polar surface area (TPSA) is 58.3 Å². The minimum absolute atomic E-state index is 0.621. The quantitative estimate of drug-likeness (QED) is 0.904. The maximum atomic E-state index is 5.99. The number of rotatable bonds is 2. The summed E-state index contributed by atoms with van der Waals surface area (Å²) in [5, 5.41) is 0. The fourth-order valence-corrected chi connectivity index (χ4v) is 3.67. The van der Waals surface area contributed by atoms with Gasteiger partial charge in [0.15, 0.2) is 0 Å². The second kappa shape index (κ2) is 6.18. The third-order valence-corrected chi connectivity index (χ3v) is 4.94. The molecule has 2 aliphatic rings. The summed E-state index contributed by atoms with van der Waals surface area (Å²) in [7, 11) is 0. The van der Waals surface area contributed by atoms with Crippen molar-refractivity contribution in [3.8, 4) is 0 Å². The van der Waals surface area contributed by atoms with Gasteiger partial charge in [0.2, 0.25) is 0 Å². The summed E-state index contributed by atoms with van der Waals surface area (Å²) in [6.45, 7) is 8.70. The molecule has 0 bridgehead atoms. The molecule has 5 heteroatoms. The Labute approximate surface area is 127 Å². The van der Waals surface area contributed by atoms with Crippen molar-refractivity contribution in [2.24, 2.45) is 0 Å². The molecule has 3 rings (SSSR count). The summed E-state index contributed by atoms with van der Waals surface area (Å²) in [4.78, 5) is 14.0. The van der Waals surface area contributed by atoms with E-state index in [0.29, 0.717) is 5.82 Å². The van der Waals surface area contributed by atoms with Crippen LogP contribution in [0.5, 0.6) is 0 Å². The molecule has 2 saturated heterocycles. The second-order valence-corrected chi connectivity index (χ2v) is 6.42. The van der Waals surface area contributed by atoms with Crippen molar-refractivity contribution in [2.45, 2.75) is 52.0 Å². The molecular weight excluding hydrogens is 262 g/mol. The average Bonchev–Trinajstić information content (AvgIpc) is 2.52. The molecule has 0 spiro atoms. The molecule has 21 heavy (non-hydrogen) atoms. The first kappa shape index (κ1) is 14.6. The van der Waals surface area contributed by atoms with E-state index in [4.69, 9.17) is 5.73 Å². The molecule has 0 aliphatic carbocycles. The van der Waals surface area contributed by atoms with E-state index >= 15 is 0 Å². The summed E-state index contributed by atoms with van der Waals surface area (Å²) >= 11 is 0. The van der Waals surface area contributed by atoms with Crippen molar-refractivity contribution in [1.29, 1.82) is 0 Å². The van der Waals surface area contributed by atoms with E-state index in [0.717, 1.165) is 36.3 Å². The van der Waals surface area contributed by atoms with Gasteiger partial charge in [0.25, 0.3) is 0 Å². The van der Waals surface area contributed by atoms with E-state index in [1.54, 1.807) is 0 Å². The first-order valence-electron chi connectivity index (χ1n) is 8.25. The third-order valence-electron chi connectivity index (χ3n) is 4.94. The predicted octanol–water partition coefficient (Wildman–Crippen LogP) is 2.13. The van der Waals surface area contributed by atoms with Crippen LogP contribution in [0.2, 0.25) is 0 Å². The Bertz CT molecular complexity index is 488. The van der Waals surface area contributed by atoms with Gasteiger partial charge in [-0.15, -0.1) is 0 Å². The van der Waals surface area contributed by atoms with Gasteiger partial charge in [0.05, 0.1) is 0 Å². The molecule has 3 heterocycles. The summed E-state index contributed by atoms with van der Waals surface area (Å²) in [5.41, 5.74) is 7.01. The fourth-order valence-electron chi connectivity index (χ4n) is 3.67. The van der Waals surface area contributed by atoms with Crippen LogP contribution in [-0.2, 0) is 0 Å². The minimum Gasteiger partial charge on any atom is -0.383 e. The lowest BCUT2D eigenvalue weighted by Gasteiger charge is -2.40. The minimum atomic E-state index is 0.621. The normalized spacial score (nSPS) is 21.7. The molecular formula is C16H27N5. The summed E-state index contributed by atoms with van der Waals surface area (Å²) in [6, 6.07) is 0.766. The van der Waals surface area contributed by atoms with Gasteiger partial charge in [-0.2, -0.15) is 0 Å². The van der Waals surface area contributed by atoms with Gasteiger partial charge in [-0.05, 0) is 52.6 Å². The van der Waals surface area contributed by atoms with Gasteiger partial charge in [-0.1, -0.05) is 6.42 Å². The lowest BCUT2D eigenvalue weighted by atomic mass is 9.99. The van der Waals surface area contributed by atoms with Crippen LogP contribution in [0, 0.1) is 13.8 Å². The zero-order valence-corrected chi connectivity index (χ0v) is 13.3. The number of likely N-dealkylation sites (tertiary alicyclic amines) is 1. The maximum absolute atomic E-state index is 5.99. The lowest BCUT2D eigenvalue weighted by molar-refractivity contribution is 0.141. The number of hydrogen-bond acceptors (Lipinski definition) is 5. The molecule has 0 radical (unpaired) electrons. The Morgan fingerprint density at radius 3 is 2.29 bits per heavy atom. The number of piperidine rings is 2. The summed E-state index contributed by atoms with van der Waals surface area (Å²) in [6.07, 6.45) is 6.64. The lowest BCUT2D eigenvalue weighted by Crippen LogP contribution is -2.47. The standard InChI is InChI=1S/C16H27N5/c1-12-15(17)18-13(2)19-16(12)21-10-6-14(7-11-21)20-8-4-3-5-9-20/h14H,3-11H2,1-2H3,(H2,17,18,19). The highest BCUT2D eigenvalue weighted by Crippen LogP contribution is 2.27. The van der Waals surface area contributed by atoms with Crippen molar-refractivity contribution < 1.29 is 0 Å². The van der Waals surface area contributed by atoms with Gasteiger partial charge in [-0.3, -0.25) is 0 Å². The van der Waals surface area contributed by atoms with Crippen LogP contribution >= 0.6 is 0 Å².